The molecule has 0 aromatic carbocycles. The van der Waals surface area contributed by atoms with Crippen molar-refractivity contribution < 1.29 is 4.79 Å². The van der Waals surface area contributed by atoms with Crippen molar-refractivity contribution in [2.75, 3.05) is 6.54 Å². The van der Waals surface area contributed by atoms with Gasteiger partial charge in [0.15, 0.2) is 0 Å². The second-order valence-corrected chi connectivity index (χ2v) is 7.04. The van der Waals surface area contributed by atoms with E-state index in [1.54, 1.807) is 11.3 Å². The molecule has 0 saturated heterocycles. The van der Waals surface area contributed by atoms with Crippen molar-refractivity contribution in [1.29, 1.82) is 0 Å². The highest BCUT2D eigenvalue weighted by atomic mass is 32.1. The molecule has 2 rings (SSSR count). The van der Waals surface area contributed by atoms with Gasteiger partial charge in [-0.3, -0.25) is 9.69 Å². The van der Waals surface area contributed by atoms with Gasteiger partial charge in [-0.1, -0.05) is 20.8 Å². The van der Waals surface area contributed by atoms with Gasteiger partial charge in [0, 0.05) is 31.0 Å². The standard InChI is InChI=1S/C15H23NOS/c1-15(2,3)14(17)6-8-16(13-4-5-13)10-12-7-9-18-11-12/h7,9,11,13H,4-6,8,10H2,1-3H3. The van der Waals surface area contributed by atoms with Gasteiger partial charge in [-0.2, -0.15) is 11.3 Å². The Kier molecular flexibility index (Phi) is 4.23. The van der Waals surface area contributed by atoms with E-state index in [0.717, 1.165) is 19.1 Å². The van der Waals surface area contributed by atoms with Crippen LogP contribution in [0.2, 0.25) is 0 Å². The Labute approximate surface area is 114 Å². The summed E-state index contributed by atoms with van der Waals surface area (Å²) in [5.74, 6) is 0.374. The molecule has 0 unspecified atom stereocenters. The first-order chi connectivity index (χ1) is 8.47. The Morgan fingerprint density at radius 1 is 1.44 bits per heavy atom. The number of hydrogen-bond donors (Lipinski definition) is 0. The van der Waals surface area contributed by atoms with Crippen LogP contribution in [0, 0.1) is 5.41 Å². The van der Waals surface area contributed by atoms with Crippen LogP contribution in [0.4, 0.5) is 0 Å². The molecule has 0 radical (unpaired) electrons. The normalized spacial score (nSPS) is 16.2. The van der Waals surface area contributed by atoms with Gasteiger partial charge in [-0.15, -0.1) is 0 Å². The van der Waals surface area contributed by atoms with Crippen molar-refractivity contribution in [2.45, 2.75) is 52.6 Å². The largest absolute Gasteiger partial charge is 0.299 e. The third kappa shape index (κ3) is 3.92. The Morgan fingerprint density at radius 2 is 2.17 bits per heavy atom. The van der Waals surface area contributed by atoms with Gasteiger partial charge in [-0.05, 0) is 35.2 Å². The molecule has 100 valence electrons. The topological polar surface area (TPSA) is 20.3 Å². The fourth-order valence-electron chi connectivity index (χ4n) is 2.07. The lowest BCUT2D eigenvalue weighted by Crippen LogP contribution is -2.31. The van der Waals surface area contributed by atoms with Gasteiger partial charge in [0.05, 0.1) is 0 Å². The second-order valence-electron chi connectivity index (χ2n) is 6.26. The minimum absolute atomic E-state index is 0.197. The average molecular weight is 265 g/mol. The molecule has 0 atom stereocenters. The SMILES string of the molecule is CC(C)(C)C(=O)CCN(Cc1ccsc1)C1CC1. The summed E-state index contributed by atoms with van der Waals surface area (Å²) in [5.41, 5.74) is 1.19. The fraction of sp³-hybridized carbons (Fsp3) is 0.667. The maximum Gasteiger partial charge on any atom is 0.139 e. The van der Waals surface area contributed by atoms with Gasteiger partial charge < -0.3 is 0 Å². The van der Waals surface area contributed by atoms with E-state index < -0.39 is 0 Å². The summed E-state index contributed by atoms with van der Waals surface area (Å²) in [4.78, 5) is 14.5. The smallest absolute Gasteiger partial charge is 0.139 e. The number of Topliss-reactive ketones (excluding diaryl/α,β-unsaturated/α-hetero) is 1. The first-order valence-corrected chi connectivity index (χ1v) is 7.69. The molecule has 1 fully saturated rings. The Balaban J connectivity index is 1.85. The molecule has 0 amide bonds. The molecule has 1 aliphatic carbocycles. The van der Waals surface area contributed by atoms with E-state index in [1.807, 2.05) is 20.8 Å². The van der Waals surface area contributed by atoms with Gasteiger partial charge in [0.1, 0.15) is 5.78 Å². The van der Waals surface area contributed by atoms with Crippen LogP contribution < -0.4 is 0 Å². The van der Waals surface area contributed by atoms with Crippen molar-refractivity contribution in [3.8, 4) is 0 Å². The first-order valence-electron chi connectivity index (χ1n) is 6.75. The van der Waals surface area contributed by atoms with Crippen LogP contribution in [0.25, 0.3) is 0 Å². The summed E-state index contributed by atoms with van der Waals surface area (Å²) in [6.45, 7) is 7.95. The van der Waals surface area contributed by atoms with Crippen LogP contribution in [-0.4, -0.2) is 23.3 Å². The maximum atomic E-state index is 12.0. The molecule has 1 aliphatic rings. The predicted molar refractivity (Wildman–Crippen MR) is 76.8 cm³/mol. The Bertz CT molecular complexity index is 387. The number of ketones is 1. The molecule has 1 saturated carbocycles. The summed E-state index contributed by atoms with van der Waals surface area (Å²) in [7, 11) is 0. The van der Waals surface area contributed by atoms with Crippen molar-refractivity contribution in [2.24, 2.45) is 5.41 Å². The van der Waals surface area contributed by atoms with E-state index in [2.05, 4.69) is 21.7 Å². The molecule has 1 aromatic heterocycles. The summed E-state index contributed by atoms with van der Waals surface area (Å²) in [6.07, 6.45) is 3.28. The lowest BCUT2D eigenvalue weighted by molar-refractivity contribution is -0.126. The van der Waals surface area contributed by atoms with E-state index >= 15 is 0 Å². The van der Waals surface area contributed by atoms with E-state index in [9.17, 15) is 4.79 Å². The quantitative estimate of drug-likeness (QED) is 0.781. The molecule has 1 aromatic rings. The van der Waals surface area contributed by atoms with Gasteiger partial charge in [0.25, 0.3) is 0 Å². The van der Waals surface area contributed by atoms with Crippen molar-refractivity contribution in [3.63, 3.8) is 0 Å². The zero-order valence-corrected chi connectivity index (χ0v) is 12.4. The van der Waals surface area contributed by atoms with E-state index in [4.69, 9.17) is 0 Å². The zero-order chi connectivity index (χ0) is 13.2. The highest BCUT2D eigenvalue weighted by Gasteiger charge is 2.30. The number of carbonyl (C=O) groups is 1. The molecule has 3 heteroatoms. The lowest BCUT2D eigenvalue weighted by Gasteiger charge is -2.23. The first kappa shape index (κ1) is 13.8. The van der Waals surface area contributed by atoms with E-state index in [-0.39, 0.29) is 5.41 Å². The van der Waals surface area contributed by atoms with Gasteiger partial charge in [0.2, 0.25) is 0 Å². The highest BCUT2D eigenvalue weighted by Crippen LogP contribution is 2.29. The van der Waals surface area contributed by atoms with E-state index in [0.29, 0.717) is 12.2 Å². The Hall–Kier alpha value is -0.670. The summed E-state index contributed by atoms with van der Waals surface area (Å²) < 4.78 is 0. The number of carbonyl (C=O) groups excluding carboxylic acids is 1. The number of thiophene rings is 1. The molecular weight excluding hydrogens is 242 g/mol. The van der Waals surface area contributed by atoms with Crippen LogP contribution in [0.1, 0.15) is 45.6 Å². The second kappa shape index (κ2) is 5.54. The molecule has 1 heterocycles. The Morgan fingerprint density at radius 3 is 2.67 bits per heavy atom. The third-order valence-electron chi connectivity index (χ3n) is 3.49. The minimum Gasteiger partial charge on any atom is -0.299 e. The van der Waals surface area contributed by atoms with Crippen LogP contribution in [0.5, 0.6) is 0 Å². The molecule has 18 heavy (non-hydrogen) atoms. The maximum absolute atomic E-state index is 12.0. The predicted octanol–water partition coefficient (Wildman–Crippen LogP) is 3.72. The molecule has 0 bridgehead atoms. The van der Waals surface area contributed by atoms with Crippen molar-refractivity contribution >= 4 is 17.1 Å². The van der Waals surface area contributed by atoms with Gasteiger partial charge >= 0.3 is 0 Å². The van der Waals surface area contributed by atoms with E-state index in [1.165, 1.54) is 18.4 Å². The molecule has 2 nitrogen and oxygen atoms in total. The van der Waals surface area contributed by atoms with Crippen LogP contribution in [0.3, 0.4) is 0 Å². The third-order valence-corrected chi connectivity index (χ3v) is 4.22. The summed E-state index contributed by atoms with van der Waals surface area (Å²) in [5, 5.41) is 4.33. The van der Waals surface area contributed by atoms with Crippen LogP contribution >= 0.6 is 11.3 Å². The van der Waals surface area contributed by atoms with Crippen molar-refractivity contribution in [3.05, 3.63) is 22.4 Å². The summed E-state index contributed by atoms with van der Waals surface area (Å²) >= 11 is 1.75. The van der Waals surface area contributed by atoms with Crippen molar-refractivity contribution in [1.82, 2.24) is 4.90 Å². The molecule has 0 N–H and O–H groups in total. The highest BCUT2D eigenvalue weighted by molar-refractivity contribution is 7.07. The molecule has 0 aliphatic heterocycles. The average Bonchev–Trinajstić information content (AvgIpc) is 3.01. The zero-order valence-electron chi connectivity index (χ0n) is 11.6. The fourth-order valence-corrected chi connectivity index (χ4v) is 2.73. The van der Waals surface area contributed by atoms with Gasteiger partial charge in [-0.25, -0.2) is 0 Å². The monoisotopic (exact) mass is 265 g/mol. The number of rotatable bonds is 6. The van der Waals surface area contributed by atoms with Crippen LogP contribution in [-0.2, 0) is 11.3 Å². The molecular formula is C15H23NOS. The number of nitrogens with zero attached hydrogens (tertiary/aromatic N) is 1. The van der Waals surface area contributed by atoms with Crippen LogP contribution in [0.15, 0.2) is 16.8 Å². The number of hydrogen-bond acceptors (Lipinski definition) is 3. The lowest BCUT2D eigenvalue weighted by atomic mass is 9.89. The summed E-state index contributed by atoms with van der Waals surface area (Å²) in [6, 6.07) is 2.91. The molecule has 0 spiro atoms. The minimum atomic E-state index is -0.197.